The van der Waals surface area contributed by atoms with Gasteiger partial charge < -0.3 is 10.6 Å². The van der Waals surface area contributed by atoms with Crippen molar-refractivity contribution in [3.8, 4) is 0 Å². The van der Waals surface area contributed by atoms with Crippen LogP contribution >= 0.6 is 0 Å². The summed E-state index contributed by atoms with van der Waals surface area (Å²) in [5.41, 5.74) is 5.61. The van der Waals surface area contributed by atoms with E-state index >= 15 is 0 Å². The van der Waals surface area contributed by atoms with E-state index in [1.807, 2.05) is 0 Å². The molecule has 3 heterocycles. The van der Waals surface area contributed by atoms with Crippen molar-refractivity contribution in [2.24, 2.45) is 17.6 Å². The highest BCUT2D eigenvalue weighted by Gasteiger charge is 2.37. The monoisotopic (exact) mass is 168 g/mol. The minimum atomic E-state index is 0.845. The molecule has 0 aliphatic carbocycles. The number of hydrogen-bond donors (Lipinski definition) is 1. The van der Waals surface area contributed by atoms with Crippen LogP contribution in [0.3, 0.4) is 0 Å². The predicted molar refractivity (Wildman–Crippen MR) is 50.9 cm³/mol. The summed E-state index contributed by atoms with van der Waals surface area (Å²) in [5, 5.41) is 0. The normalized spacial score (nSPS) is 46.5. The van der Waals surface area contributed by atoms with E-state index in [9.17, 15) is 0 Å². The topological polar surface area (TPSA) is 29.3 Å². The highest BCUT2D eigenvalue weighted by atomic mass is 15.2. The van der Waals surface area contributed by atoms with Crippen molar-refractivity contribution in [1.82, 2.24) is 4.90 Å². The van der Waals surface area contributed by atoms with Gasteiger partial charge in [0, 0.05) is 12.6 Å². The number of fused-ring (bicyclic) bond motifs is 3. The molecule has 0 aromatic heterocycles. The molecule has 4 atom stereocenters. The van der Waals surface area contributed by atoms with Crippen LogP contribution in [0, 0.1) is 11.8 Å². The fraction of sp³-hybridized carbons (Fsp3) is 1.00. The lowest BCUT2D eigenvalue weighted by molar-refractivity contribution is 0.00669. The van der Waals surface area contributed by atoms with Crippen LogP contribution in [-0.4, -0.2) is 30.6 Å². The van der Waals surface area contributed by atoms with Gasteiger partial charge in [0.15, 0.2) is 0 Å². The van der Waals surface area contributed by atoms with Crippen molar-refractivity contribution in [3.05, 3.63) is 0 Å². The molecule has 0 saturated carbocycles. The van der Waals surface area contributed by atoms with Gasteiger partial charge in [-0.1, -0.05) is 0 Å². The molecule has 3 rings (SSSR count). The second kappa shape index (κ2) is 3.35. The number of piperidine rings is 3. The Kier molecular flexibility index (Phi) is 2.37. The summed E-state index contributed by atoms with van der Waals surface area (Å²) in [4.78, 5) is 2.64. The Hall–Kier alpha value is -0.0800. The molecule has 2 N–H and O–H groups in total. The first-order valence-corrected chi connectivity index (χ1v) is 5.25. The van der Waals surface area contributed by atoms with Gasteiger partial charge in [-0.15, -0.1) is 0 Å². The fourth-order valence-electron chi connectivity index (χ4n) is 2.95. The molecule has 3 saturated heterocycles. The zero-order chi connectivity index (χ0) is 8.55. The Bertz CT molecular complexity index is 156. The molecule has 70 valence electrons. The minimum Gasteiger partial charge on any atom is -0.330 e. The van der Waals surface area contributed by atoms with E-state index in [0.29, 0.717) is 0 Å². The highest BCUT2D eigenvalue weighted by molar-refractivity contribution is 4.90. The molecular formula is C10H20N2. The van der Waals surface area contributed by atoms with Gasteiger partial charge in [-0.3, -0.25) is 0 Å². The maximum absolute atomic E-state index is 5.61. The van der Waals surface area contributed by atoms with Crippen molar-refractivity contribution >= 4 is 0 Å². The summed E-state index contributed by atoms with van der Waals surface area (Å²) in [6, 6.07) is 0.845. The molecule has 3 fully saturated rings. The van der Waals surface area contributed by atoms with Crippen LogP contribution in [0.5, 0.6) is 0 Å². The van der Waals surface area contributed by atoms with Gasteiger partial charge in [-0.2, -0.15) is 0 Å². The first-order chi connectivity index (χ1) is 5.81. The third kappa shape index (κ3) is 1.38. The Morgan fingerprint density at radius 1 is 1.50 bits per heavy atom. The number of rotatable bonds is 2. The van der Waals surface area contributed by atoms with Crippen LogP contribution in [0.2, 0.25) is 0 Å². The SMILES string of the molecule is CC1CC2CCN1CC2CCN. The third-order valence-corrected chi connectivity index (χ3v) is 3.73. The third-order valence-electron chi connectivity index (χ3n) is 3.73. The predicted octanol–water partition coefficient (Wildman–Crippen LogP) is 1.07. The first-order valence-electron chi connectivity index (χ1n) is 5.25. The zero-order valence-corrected chi connectivity index (χ0v) is 8.00. The van der Waals surface area contributed by atoms with Gasteiger partial charge in [-0.25, -0.2) is 0 Å². The van der Waals surface area contributed by atoms with Crippen LogP contribution < -0.4 is 5.73 Å². The fourth-order valence-corrected chi connectivity index (χ4v) is 2.95. The Balaban J connectivity index is 1.96. The number of nitrogens with two attached hydrogens (primary N) is 1. The zero-order valence-electron chi connectivity index (χ0n) is 8.00. The van der Waals surface area contributed by atoms with E-state index in [1.54, 1.807) is 0 Å². The van der Waals surface area contributed by atoms with Crippen LogP contribution in [0.4, 0.5) is 0 Å². The van der Waals surface area contributed by atoms with Gasteiger partial charge in [-0.05, 0) is 51.1 Å². The average molecular weight is 168 g/mol. The molecule has 3 aliphatic rings. The van der Waals surface area contributed by atoms with Crippen LogP contribution in [0.25, 0.3) is 0 Å². The maximum Gasteiger partial charge on any atom is 0.00698 e. The Morgan fingerprint density at radius 2 is 2.33 bits per heavy atom. The second-order valence-electron chi connectivity index (χ2n) is 4.47. The molecule has 0 radical (unpaired) electrons. The standard InChI is InChI=1S/C10H20N2/c1-8-6-9-3-5-12(8)7-10(9)2-4-11/h8-10H,2-7,11H2,1H3. The van der Waals surface area contributed by atoms with E-state index in [0.717, 1.165) is 24.4 Å². The minimum absolute atomic E-state index is 0.845. The van der Waals surface area contributed by atoms with E-state index in [1.165, 1.54) is 32.4 Å². The molecule has 0 spiro atoms. The molecule has 4 unspecified atom stereocenters. The lowest BCUT2D eigenvalue weighted by Gasteiger charge is -2.49. The Morgan fingerprint density at radius 3 is 2.83 bits per heavy atom. The van der Waals surface area contributed by atoms with Crippen molar-refractivity contribution < 1.29 is 0 Å². The molecular weight excluding hydrogens is 148 g/mol. The summed E-state index contributed by atoms with van der Waals surface area (Å²) < 4.78 is 0. The summed E-state index contributed by atoms with van der Waals surface area (Å²) in [6.07, 6.45) is 4.09. The molecule has 12 heavy (non-hydrogen) atoms. The van der Waals surface area contributed by atoms with Gasteiger partial charge in [0.1, 0.15) is 0 Å². The number of nitrogens with zero attached hydrogens (tertiary/aromatic N) is 1. The van der Waals surface area contributed by atoms with Crippen molar-refractivity contribution in [2.75, 3.05) is 19.6 Å². The van der Waals surface area contributed by atoms with E-state index in [4.69, 9.17) is 5.73 Å². The first kappa shape index (κ1) is 8.52. The summed E-state index contributed by atoms with van der Waals surface area (Å²) in [6.45, 7) is 5.91. The molecule has 2 heteroatoms. The van der Waals surface area contributed by atoms with Crippen LogP contribution in [0.1, 0.15) is 26.2 Å². The van der Waals surface area contributed by atoms with Crippen LogP contribution in [-0.2, 0) is 0 Å². The maximum atomic E-state index is 5.61. The van der Waals surface area contributed by atoms with Gasteiger partial charge >= 0.3 is 0 Å². The molecule has 0 amide bonds. The average Bonchev–Trinajstić information content (AvgIpc) is 2.07. The second-order valence-corrected chi connectivity index (χ2v) is 4.47. The molecule has 3 aliphatic heterocycles. The smallest absolute Gasteiger partial charge is 0.00698 e. The van der Waals surface area contributed by atoms with E-state index < -0.39 is 0 Å². The highest BCUT2D eigenvalue weighted by Crippen LogP contribution is 2.37. The van der Waals surface area contributed by atoms with Gasteiger partial charge in [0.05, 0.1) is 0 Å². The van der Waals surface area contributed by atoms with Crippen molar-refractivity contribution in [3.63, 3.8) is 0 Å². The number of hydrogen-bond acceptors (Lipinski definition) is 2. The molecule has 0 aromatic rings. The molecule has 2 nitrogen and oxygen atoms in total. The summed E-state index contributed by atoms with van der Waals surface area (Å²) in [7, 11) is 0. The molecule has 0 aromatic carbocycles. The quantitative estimate of drug-likeness (QED) is 0.668. The van der Waals surface area contributed by atoms with Crippen LogP contribution in [0.15, 0.2) is 0 Å². The summed E-state index contributed by atoms with van der Waals surface area (Å²) >= 11 is 0. The van der Waals surface area contributed by atoms with E-state index in [-0.39, 0.29) is 0 Å². The lowest BCUT2D eigenvalue weighted by atomic mass is 9.75. The van der Waals surface area contributed by atoms with E-state index in [2.05, 4.69) is 11.8 Å². The van der Waals surface area contributed by atoms with Crippen molar-refractivity contribution in [1.29, 1.82) is 0 Å². The largest absolute Gasteiger partial charge is 0.330 e. The van der Waals surface area contributed by atoms with Gasteiger partial charge in [0.2, 0.25) is 0 Å². The summed E-state index contributed by atoms with van der Waals surface area (Å²) in [5.74, 6) is 1.91. The lowest BCUT2D eigenvalue weighted by Crippen LogP contribution is -2.52. The Labute approximate surface area is 75.1 Å². The van der Waals surface area contributed by atoms with Crippen molar-refractivity contribution in [2.45, 2.75) is 32.2 Å². The molecule has 2 bridgehead atoms. The van der Waals surface area contributed by atoms with Gasteiger partial charge in [0.25, 0.3) is 0 Å².